The normalized spacial score (nSPS) is 18.0. The molecule has 0 atom stereocenters. The van der Waals surface area contributed by atoms with Crippen LogP contribution in [-0.4, -0.2) is 36.0 Å². The van der Waals surface area contributed by atoms with Crippen LogP contribution < -0.4 is 5.32 Å². The van der Waals surface area contributed by atoms with Crippen LogP contribution in [0.4, 0.5) is 32.0 Å². The van der Waals surface area contributed by atoms with Gasteiger partial charge in [-0.05, 0) is 12.1 Å². The van der Waals surface area contributed by atoms with E-state index in [0.29, 0.717) is 12.1 Å². The second-order valence-corrected chi connectivity index (χ2v) is 4.51. The first-order valence-electron chi connectivity index (χ1n) is 5.93. The number of ether oxygens (including phenoxy) is 1. The summed E-state index contributed by atoms with van der Waals surface area (Å²) in [4.78, 5) is 14.5. The number of aliphatic imine (C=N–C) groups is 1. The van der Waals surface area contributed by atoms with Gasteiger partial charge in [0.05, 0.1) is 5.69 Å². The Morgan fingerprint density at radius 3 is 1.96 bits per heavy atom. The van der Waals surface area contributed by atoms with Crippen LogP contribution in [0.3, 0.4) is 0 Å². The Labute approximate surface area is 124 Å². The lowest BCUT2D eigenvalue weighted by atomic mass is 9.92. The molecule has 1 aromatic carbocycles. The van der Waals surface area contributed by atoms with Crippen molar-refractivity contribution in [1.29, 1.82) is 0 Å². The number of hydrogen-bond acceptors (Lipinski definition) is 4. The predicted octanol–water partition coefficient (Wildman–Crippen LogP) is 2.13. The molecule has 126 valence electrons. The number of nitrogens with zero attached hydrogens (tertiary/aromatic N) is 1. The van der Waals surface area contributed by atoms with Crippen LogP contribution in [0.1, 0.15) is 5.56 Å². The van der Waals surface area contributed by atoms with E-state index in [1.165, 1.54) is 0 Å². The molecule has 0 unspecified atom stereocenters. The summed E-state index contributed by atoms with van der Waals surface area (Å²) >= 11 is 0. The zero-order valence-electron chi connectivity index (χ0n) is 11.0. The molecule has 1 heterocycles. The average Bonchev–Trinajstić information content (AvgIpc) is 2.81. The highest BCUT2D eigenvalue weighted by Crippen LogP contribution is 2.50. The molecule has 0 aliphatic carbocycles. The maximum atomic E-state index is 12.7. The number of alkyl halides is 6. The summed E-state index contributed by atoms with van der Waals surface area (Å²) in [5, 5.41) is 11.4. The van der Waals surface area contributed by atoms with Gasteiger partial charge in [0.1, 0.15) is 0 Å². The molecule has 23 heavy (non-hydrogen) atoms. The van der Waals surface area contributed by atoms with Crippen molar-refractivity contribution in [1.82, 2.24) is 5.32 Å². The van der Waals surface area contributed by atoms with E-state index < -0.39 is 29.4 Å². The van der Waals surface area contributed by atoms with E-state index in [1.54, 1.807) is 0 Å². The highest BCUT2D eigenvalue weighted by molar-refractivity contribution is 6.00. The number of carbonyl (C=O) groups is 1. The van der Waals surface area contributed by atoms with Gasteiger partial charge in [-0.3, -0.25) is 10.1 Å². The van der Waals surface area contributed by atoms with Gasteiger partial charge in [-0.25, -0.2) is 0 Å². The third kappa shape index (κ3) is 3.09. The number of carbonyl (C=O) groups excluding carboxylic acids is 1. The first-order chi connectivity index (χ1) is 10.4. The van der Waals surface area contributed by atoms with Crippen molar-refractivity contribution in [3.05, 3.63) is 29.8 Å². The van der Waals surface area contributed by atoms with Gasteiger partial charge in [-0.2, -0.15) is 31.3 Å². The molecule has 1 aliphatic rings. The molecular weight excluding hydrogens is 334 g/mol. The molecule has 5 nitrogen and oxygen atoms in total. The SMILES string of the molecule is O=C1COC(=Nc2ccc(C(O)(C(F)(F)F)C(F)(F)F)cc2)N1. The van der Waals surface area contributed by atoms with E-state index in [2.05, 4.69) is 10.3 Å². The van der Waals surface area contributed by atoms with Gasteiger partial charge in [-0.1, -0.05) is 12.1 Å². The Kier molecular flexibility index (Phi) is 4.01. The van der Waals surface area contributed by atoms with Gasteiger partial charge in [0.15, 0.2) is 6.61 Å². The van der Waals surface area contributed by atoms with Crippen molar-refractivity contribution in [2.24, 2.45) is 4.99 Å². The standard InChI is InChI=1S/C12H8F6N2O3/c13-11(14,15)10(22,12(16,17)18)6-1-3-7(4-2-6)19-9-20-8(21)5-23-9/h1-4,22H,5H2,(H,19,20,21). The zero-order chi connectivity index (χ0) is 17.5. The fourth-order valence-corrected chi connectivity index (χ4v) is 1.77. The molecule has 0 saturated carbocycles. The fourth-order valence-electron chi connectivity index (χ4n) is 1.77. The third-order valence-electron chi connectivity index (χ3n) is 2.92. The van der Waals surface area contributed by atoms with Crippen LogP contribution in [0, 0.1) is 0 Å². The van der Waals surface area contributed by atoms with Gasteiger partial charge in [-0.15, -0.1) is 0 Å². The lowest BCUT2D eigenvalue weighted by Crippen LogP contribution is -2.53. The number of hydrogen-bond donors (Lipinski definition) is 2. The van der Waals surface area contributed by atoms with Crippen molar-refractivity contribution in [2.75, 3.05) is 6.61 Å². The van der Waals surface area contributed by atoms with Crippen LogP contribution in [0.25, 0.3) is 0 Å². The maximum absolute atomic E-state index is 12.7. The predicted molar refractivity (Wildman–Crippen MR) is 63.6 cm³/mol. The molecule has 0 bridgehead atoms. The van der Waals surface area contributed by atoms with Crippen molar-refractivity contribution in [3.8, 4) is 0 Å². The van der Waals surface area contributed by atoms with E-state index in [9.17, 15) is 36.2 Å². The quantitative estimate of drug-likeness (QED) is 0.809. The van der Waals surface area contributed by atoms with Gasteiger partial charge in [0, 0.05) is 5.56 Å². The van der Waals surface area contributed by atoms with Crippen LogP contribution in [0.5, 0.6) is 0 Å². The summed E-state index contributed by atoms with van der Waals surface area (Å²) in [6.07, 6.45) is -11.9. The monoisotopic (exact) mass is 342 g/mol. The molecule has 1 aromatic rings. The Balaban J connectivity index is 2.36. The molecule has 0 radical (unpaired) electrons. The topological polar surface area (TPSA) is 70.9 Å². The number of aliphatic hydroxyl groups is 1. The molecule has 11 heteroatoms. The van der Waals surface area contributed by atoms with Gasteiger partial charge >= 0.3 is 12.4 Å². The number of nitrogens with one attached hydrogen (secondary N) is 1. The van der Waals surface area contributed by atoms with E-state index >= 15 is 0 Å². The summed E-state index contributed by atoms with van der Waals surface area (Å²) in [5.41, 5.74) is -6.47. The molecular formula is C12H8F6N2O3. The van der Waals surface area contributed by atoms with E-state index in [4.69, 9.17) is 4.74 Å². The van der Waals surface area contributed by atoms with Gasteiger partial charge in [0.25, 0.3) is 17.5 Å². The van der Waals surface area contributed by atoms with Gasteiger partial charge in [0.2, 0.25) is 0 Å². The molecule has 2 rings (SSSR count). The largest absolute Gasteiger partial charge is 0.455 e. The summed E-state index contributed by atoms with van der Waals surface area (Å²) < 4.78 is 80.9. The second kappa shape index (κ2) is 5.41. The fraction of sp³-hybridized carbons (Fsp3) is 0.333. The minimum absolute atomic E-state index is 0.0716. The van der Waals surface area contributed by atoms with Crippen molar-refractivity contribution >= 4 is 17.6 Å². The summed E-state index contributed by atoms with van der Waals surface area (Å²) in [5.74, 6) is -0.496. The average molecular weight is 342 g/mol. The molecule has 2 N–H and O–H groups in total. The first-order valence-corrected chi connectivity index (χ1v) is 5.93. The van der Waals surface area contributed by atoms with E-state index in [1.807, 2.05) is 0 Å². The lowest BCUT2D eigenvalue weighted by molar-refractivity contribution is -0.376. The van der Waals surface area contributed by atoms with E-state index in [0.717, 1.165) is 12.1 Å². The Morgan fingerprint density at radius 1 is 1.04 bits per heavy atom. The number of benzene rings is 1. The second-order valence-electron chi connectivity index (χ2n) is 4.51. The maximum Gasteiger partial charge on any atom is 0.430 e. The molecule has 0 spiro atoms. The zero-order valence-corrected chi connectivity index (χ0v) is 11.0. The van der Waals surface area contributed by atoms with Crippen LogP contribution in [0.15, 0.2) is 29.3 Å². The van der Waals surface area contributed by atoms with Crippen molar-refractivity contribution in [2.45, 2.75) is 18.0 Å². The molecule has 1 saturated heterocycles. The highest BCUT2D eigenvalue weighted by Gasteiger charge is 2.71. The number of halogens is 6. The minimum atomic E-state index is -5.96. The van der Waals surface area contributed by atoms with Crippen LogP contribution in [0.2, 0.25) is 0 Å². The Morgan fingerprint density at radius 2 is 1.57 bits per heavy atom. The molecule has 1 aliphatic heterocycles. The Bertz CT molecular complexity index is 622. The summed E-state index contributed by atoms with van der Waals surface area (Å²) in [6.45, 7) is -0.293. The van der Waals surface area contributed by atoms with Crippen molar-refractivity contribution in [3.63, 3.8) is 0 Å². The highest BCUT2D eigenvalue weighted by atomic mass is 19.4. The number of rotatable bonds is 2. The van der Waals surface area contributed by atoms with Crippen LogP contribution in [-0.2, 0) is 15.1 Å². The number of amidine groups is 1. The van der Waals surface area contributed by atoms with Crippen LogP contribution >= 0.6 is 0 Å². The molecule has 0 aromatic heterocycles. The summed E-state index contributed by atoms with van der Waals surface area (Å²) in [6, 6.07) is 2.29. The minimum Gasteiger partial charge on any atom is -0.455 e. The number of amides is 1. The first kappa shape index (κ1) is 17.1. The molecule has 1 fully saturated rings. The molecule has 1 amide bonds. The van der Waals surface area contributed by atoms with E-state index in [-0.39, 0.29) is 18.3 Å². The third-order valence-corrected chi connectivity index (χ3v) is 2.92. The smallest absolute Gasteiger partial charge is 0.430 e. The van der Waals surface area contributed by atoms with Crippen molar-refractivity contribution < 1.29 is 41.0 Å². The summed E-state index contributed by atoms with van der Waals surface area (Å²) in [7, 11) is 0. The van der Waals surface area contributed by atoms with Gasteiger partial charge < -0.3 is 9.84 Å². The lowest BCUT2D eigenvalue weighted by Gasteiger charge is -2.32. The Hall–Kier alpha value is -2.30.